The molecule has 164 valence electrons. The quantitative estimate of drug-likeness (QED) is 0.417. The first-order chi connectivity index (χ1) is 16.2. The van der Waals surface area contributed by atoms with Gasteiger partial charge >= 0.3 is 5.69 Å². The third-order valence-electron chi connectivity index (χ3n) is 5.21. The predicted molar refractivity (Wildman–Crippen MR) is 124 cm³/mol. The average molecular weight is 439 g/mol. The number of anilines is 1. The lowest BCUT2D eigenvalue weighted by Crippen LogP contribution is -2.21. The van der Waals surface area contributed by atoms with Crippen molar-refractivity contribution in [3.8, 4) is 11.3 Å². The number of carbonyl (C=O) groups excluding carboxylic acids is 1. The maximum atomic E-state index is 12.5. The van der Waals surface area contributed by atoms with Gasteiger partial charge in [-0.25, -0.2) is 14.5 Å². The summed E-state index contributed by atoms with van der Waals surface area (Å²) in [5.41, 5.74) is 2.85. The first-order valence-corrected chi connectivity index (χ1v) is 10.6. The topological polar surface area (TPSA) is 94.4 Å². The van der Waals surface area contributed by atoms with Gasteiger partial charge in [0.05, 0.1) is 12.7 Å². The Hall–Kier alpha value is -4.46. The van der Waals surface area contributed by atoms with Crippen LogP contribution < -0.4 is 11.0 Å². The van der Waals surface area contributed by atoms with E-state index < -0.39 is 0 Å². The van der Waals surface area contributed by atoms with Crippen LogP contribution in [0.25, 0.3) is 17.0 Å². The van der Waals surface area contributed by atoms with Crippen molar-refractivity contribution in [2.75, 3.05) is 5.32 Å². The van der Waals surface area contributed by atoms with Crippen LogP contribution in [0.15, 0.2) is 94.4 Å². The van der Waals surface area contributed by atoms with Gasteiger partial charge < -0.3 is 9.73 Å². The molecule has 0 radical (unpaired) electrons. The highest BCUT2D eigenvalue weighted by Gasteiger charge is 2.10. The number of oxazole rings is 1. The van der Waals surface area contributed by atoms with E-state index in [0.717, 1.165) is 11.1 Å². The van der Waals surface area contributed by atoms with Gasteiger partial charge in [-0.05, 0) is 29.8 Å². The maximum Gasteiger partial charge on any atom is 0.350 e. The maximum absolute atomic E-state index is 12.5. The molecule has 2 aromatic carbocycles. The molecule has 0 saturated carbocycles. The molecule has 0 spiro atoms. The summed E-state index contributed by atoms with van der Waals surface area (Å²) in [6.07, 6.45) is 4.00. The van der Waals surface area contributed by atoms with Gasteiger partial charge in [0.15, 0.2) is 17.3 Å². The summed E-state index contributed by atoms with van der Waals surface area (Å²) in [7, 11) is 0. The lowest BCUT2D eigenvalue weighted by atomic mass is 10.2. The number of carbonyl (C=O) groups is 1. The molecule has 8 nitrogen and oxygen atoms in total. The molecule has 0 bridgehead atoms. The van der Waals surface area contributed by atoms with E-state index in [-0.39, 0.29) is 18.0 Å². The van der Waals surface area contributed by atoms with Crippen molar-refractivity contribution in [1.29, 1.82) is 0 Å². The van der Waals surface area contributed by atoms with Crippen molar-refractivity contribution in [2.45, 2.75) is 19.4 Å². The molecular weight excluding hydrogens is 418 g/mol. The number of benzene rings is 2. The highest BCUT2D eigenvalue weighted by Crippen LogP contribution is 2.20. The van der Waals surface area contributed by atoms with Crippen LogP contribution in [-0.2, 0) is 17.8 Å². The Balaban J connectivity index is 1.21. The zero-order chi connectivity index (χ0) is 22.6. The number of pyridine rings is 1. The minimum Gasteiger partial charge on any atom is -0.441 e. The second kappa shape index (κ2) is 8.96. The van der Waals surface area contributed by atoms with Crippen LogP contribution in [0.2, 0.25) is 0 Å². The fourth-order valence-corrected chi connectivity index (χ4v) is 3.60. The molecule has 5 rings (SSSR count). The number of nitrogens with one attached hydrogen (secondary N) is 1. The third kappa shape index (κ3) is 4.59. The molecular formula is C25H21N5O3. The number of nitrogens with zero attached hydrogens (tertiary/aromatic N) is 4. The van der Waals surface area contributed by atoms with E-state index in [1.54, 1.807) is 24.5 Å². The van der Waals surface area contributed by atoms with Gasteiger partial charge in [-0.3, -0.25) is 9.20 Å². The first-order valence-electron chi connectivity index (χ1n) is 10.6. The molecule has 5 aromatic rings. The van der Waals surface area contributed by atoms with Gasteiger partial charge in [0.25, 0.3) is 0 Å². The second-order valence-electron chi connectivity index (χ2n) is 7.60. The predicted octanol–water partition coefficient (Wildman–Crippen LogP) is 3.77. The smallest absolute Gasteiger partial charge is 0.350 e. The molecule has 3 heterocycles. The fourth-order valence-electron chi connectivity index (χ4n) is 3.60. The van der Waals surface area contributed by atoms with Gasteiger partial charge in [0.2, 0.25) is 5.91 Å². The van der Waals surface area contributed by atoms with Crippen molar-refractivity contribution >= 4 is 17.2 Å². The molecule has 3 aromatic heterocycles. The first kappa shape index (κ1) is 20.4. The average Bonchev–Trinajstić information content (AvgIpc) is 3.44. The Morgan fingerprint density at radius 2 is 1.85 bits per heavy atom. The van der Waals surface area contributed by atoms with Crippen LogP contribution in [0, 0.1) is 0 Å². The van der Waals surface area contributed by atoms with E-state index in [9.17, 15) is 9.59 Å². The number of fused-ring (bicyclic) bond motifs is 1. The summed E-state index contributed by atoms with van der Waals surface area (Å²) in [6, 6.07) is 22.5. The summed E-state index contributed by atoms with van der Waals surface area (Å²) in [6.45, 7) is 0.308. The standard InChI is InChI=1S/C25H21N5O3/c31-23(12-13-24-26-16-21(33-24)19-8-2-1-3-9-19)27-20-10-6-7-18(15-20)17-30-25(32)29-14-5-4-11-22(29)28-30/h1-11,14-16H,12-13,17H2,(H,27,31). The van der Waals surface area contributed by atoms with E-state index in [1.165, 1.54) is 9.08 Å². The molecule has 0 unspecified atom stereocenters. The van der Waals surface area contributed by atoms with Gasteiger partial charge in [-0.2, -0.15) is 0 Å². The SMILES string of the molecule is O=C(CCc1ncc(-c2ccccc2)o1)Nc1cccc(Cn2nc3ccccn3c2=O)c1. The summed E-state index contributed by atoms with van der Waals surface area (Å²) < 4.78 is 8.66. The molecule has 33 heavy (non-hydrogen) atoms. The van der Waals surface area contributed by atoms with Gasteiger partial charge in [0.1, 0.15) is 0 Å². The van der Waals surface area contributed by atoms with E-state index >= 15 is 0 Å². The van der Waals surface area contributed by atoms with Gasteiger partial charge in [-0.1, -0.05) is 48.5 Å². The number of hydrogen-bond acceptors (Lipinski definition) is 5. The molecule has 0 saturated heterocycles. The van der Waals surface area contributed by atoms with Crippen LogP contribution in [0.3, 0.4) is 0 Å². The zero-order valence-corrected chi connectivity index (χ0v) is 17.7. The van der Waals surface area contributed by atoms with Crippen LogP contribution in [0.1, 0.15) is 17.9 Å². The highest BCUT2D eigenvalue weighted by molar-refractivity contribution is 5.90. The Bertz CT molecular complexity index is 1470. The van der Waals surface area contributed by atoms with E-state index in [1.807, 2.05) is 60.7 Å². The van der Waals surface area contributed by atoms with Crippen LogP contribution >= 0.6 is 0 Å². The van der Waals surface area contributed by atoms with Crippen LogP contribution in [0.5, 0.6) is 0 Å². The summed E-state index contributed by atoms with van der Waals surface area (Å²) in [4.78, 5) is 29.2. The number of aromatic nitrogens is 4. The van der Waals surface area contributed by atoms with Crippen LogP contribution in [0.4, 0.5) is 5.69 Å². The molecule has 8 heteroatoms. The fraction of sp³-hybridized carbons (Fsp3) is 0.120. The summed E-state index contributed by atoms with van der Waals surface area (Å²) in [5.74, 6) is 1.06. The number of hydrogen-bond donors (Lipinski definition) is 1. The Morgan fingerprint density at radius 3 is 2.70 bits per heavy atom. The lowest BCUT2D eigenvalue weighted by molar-refractivity contribution is -0.116. The normalized spacial score (nSPS) is 11.0. The molecule has 0 fully saturated rings. The van der Waals surface area contributed by atoms with Crippen molar-refractivity contribution in [3.63, 3.8) is 0 Å². The summed E-state index contributed by atoms with van der Waals surface area (Å²) >= 11 is 0. The molecule has 0 aliphatic heterocycles. The highest BCUT2D eigenvalue weighted by atomic mass is 16.4. The van der Waals surface area contributed by atoms with Crippen LogP contribution in [-0.4, -0.2) is 25.1 Å². The number of rotatable bonds is 7. The van der Waals surface area contributed by atoms with Crippen molar-refractivity contribution in [1.82, 2.24) is 19.2 Å². The lowest BCUT2D eigenvalue weighted by Gasteiger charge is -2.07. The van der Waals surface area contributed by atoms with Crippen molar-refractivity contribution < 1.29 is 9.21 Å². The molecule has 1 amide bonds. The largest absolute Gasteiger partial charge is 0.441 e. The van der Waals surface area contributed by atoms with Gasteiger partial charge in [0, 0.05) is 30.3 Å². The van der Waals surface area contributed by atoms with E-state index in [0.29, 0.717) is 36.0 Å². The monoisotopic (exact) mass is 439 g/mol. The number of amides is 1. The van der Waals surface area contributed by atoms with Crippen molar-refractivity contribution in [2.24, 2.45) is 0 Å². The third-order valence-corrected chi connectivity index (χ3v) is 5.21. The summed E-state index contributed by atoms with van der Waals surface area (Å²) in [5, 5.41) is 7.24. The van der Waals surface area contributed by atoms with E-state index in [2.05, 4.69) is 15.4 Å². The molecule has 1 N–H and O–H groups in total. The molecule has 0 aliphatic rings. The minimum atomic E-state index is -0.208. The minimum absolute atomic E-state index is 0.142. The van der Waals surface area contributed by atoms with Gasteiger partial charge in [-0.15, -0.1) is 5.10 Å². The van der Waals surface area contributed by atoms with E-state index in [4.69, 9.17) is 4.42 Å². The zero-order valence-electron chi connectivity index (χ0n) is 17.7. The molecule has 0 aliphatic carbocycles. The van der Waals surface area contributed by atoms with Crippen molar-refractivity contribution in [3.05, 3.63) is 107 Å². The molecule has 0 atom stereocenters. The Kier molecular flexibility index (Phi) is 5.55. The number of aryl methyl sites for hydroxylation is 1. The Labute approximate surface area is 189 Å². The Morgan fingerprint density at radius 1 is 1.00 bits per heavy atom. The second-order valence-corrected chi connectivity index (χ2v) is 7.60.